The minimum absolute atomic E-state index is 0.154. The van der Waals surface area contributed by atoms with E-state index in [4.69, 9.17) is 19.2 Å². The second kappa shape index (κ2) is 10.5. The van der Waals surface area contributed by atoms with Crippen LogP contribution in [0.25, 0.3) is 11.0 Å². The van der Waals surface area contributed by atoms with Crippen LogP contribution in [0, 0.1) is 0 Å². The molecule has 1 aromatic heterocycles. The number of aryl methyl sites for hydroxylation is 1. The molecule has 0 aliphatic heterocycles. The molecule has 170 valence electrons. The van der Waals surface area contributed by atoms with Gasteiger partial charge in [0.05, 0.1) is 38.4 Å². The van der Waals surface area contributed by atoms with Crippen molar-refractivity contribution in [1.82, 2.24) is 14.9 Å². The van der Waals surface area contributed by atoms with Gasteiger partial charge in [-0.2, -0.15) is 0 Å². The summed E-state index contributed by atoms with van der Waals surface area (Å²) in [7, 11) is 3.24. The number of para-hydroxylation sites is 2. The number of imidazole rings is 1. The van der Waals surface area contributed by atoms with Gasteiger partial charge in [0.1, 0.15) is 23.1 Å². The zero-order chi connectivity index (χ0) is 23.0. The van der Waals surface area contributed by atoms with E-state index in [1.165, 1.54) is 0 Å². The minimum Gasteiger partial charge on any atom is -0.497 e. The van der Waals surface area contributed by atoms with Gasteiger partial charge >= 0.3 is 0 Å². The molecule has 0 aliphatic rings. The fraction of sp³-hybridized carbons (Fsp3) is 0.231. The predicted molar refractivity (Wildman–Crippen MR) is 127 cm³/mol. The van der Waals surface area contributed by atoms with Crippen LogP contribution in [0.4, 0.5) is 0 Å². The molecule has 0 aliphatic carbocycles. The van der Waals surface area contributed by atoms with E-state index in [9.17, 15) is 4.79 Å². The molecule has 0 saturated heterocycles. The van der Waals surface area contributed by atoms with Gasteiger partial charge in [-0.25, -0.2) is 4.98 Å². The van der Waals surface area contributed by atoms with E-state index in [2.05, 4.69) is 9.88 Å². The minimum atomic E-state index is -0.154. The summed E-state index contributed by atoms with van der Waals surface area (Å²) in [5.41, 5.74) is 2.52. The maximum absolute atomic E-state index is 12.6. The van der Waals surface area contributed by atoms with E-state index in [1.807, 2.05) is 48.5 Å². The molecule has 1 N–H and O–H groups in total. The van der Waals surface area contributed by atoms with Gasteiger partial charge in [0.15, 0.2) is 0 Å². The van der Waals surface area contributed by atoms with Crippen LogP contribution >= 0.6 is 0 Å². The lowest BCUT2D eigenvalue weighted by atomic mass is 10.2. The van der Waals surface area contributed by atoms with Crippen molar-refractivity contribution in [2.24, 2.45) is 0 Å². The van der Waals surface area contributed by atoms with Gasteiger partial charge in [-0.1, -0.05) is 12.1 Å². The third kappa shape index (κ3) is 5.44. The van der Waals surface area contributed by atoms with E-state index >= 15 is 0 Å². The molecule has 0 bridgehead atoms. The van der Waals surface area contributed by atoms with Crippen molar-refractivity contribution in [2.75, 3.05) is 20.8 Å². The van der Waals surface area contributed by atoms with Crippen molar-refractivity contribution in [2.45, 2.75) is 19.5 Å². The Labute approximate surface area is 192 Å². The Bertz CT molecular complexity index is 1200. The highest BCUT2D eigenvalue weighted by Gasteiger charge is 2.12. The maximum atomic E-state index is 12.6. The first-order chi connectivity index (χ1) is 16.2. The van der Waals surface area contributed by atoms with Gasteiger partial charge < -0.3 is 24.1 Å². The largest absolute Gasteiger partial charge is 0.497 e. The number of methoxy groups -OCH3 is 2. The number of rotatable bonds is 10. The topological polar surface area (TPSA) is 74.6 Å². The van der Waals surface area contributed by atoms with Crippen LogP contribution in [0.5, 0.6) is 17.2 Å². The van der Waals surface area contributed by atoms with Crippen LogP contribution in [0.15, 0.2) is 72.8 Å². The van der Waals surface area contributed by atoms with E-state index in [0.29, 0.717) is 24.5 Å². The highest BCUT2D eigenvalue weighted by molar-refractivity contribution is 5.94. The maximum Gasteiger partial charge on any atom is 0.251 e. The molecule has 0 radical (unpaired) electrons. The van der Waals surface area contributed by atoms with Gasteiger partial charge in [0.25, 0.3) is 5.91 Å². The molecular weight excluding hydrogens is 418 g/mol. The Kier molecular flexibility index (Phi) is 7.09. The van der Waals surface area contributed by atoms with Crippen LogP contribution in [-0.2, 0) is 13.1 Å². The lowest BCUT2D eigenvalue weighted by Gasteiger charge is -2.11. The zero-order valence-electron chi connectivity index (χ0n) is 18.8. The van der Waals surface area contributed by atoms with Crippen molar-refractivity contribution in [3.8, 4) is 17.2 Å². The molecule has 1 amide bonds. The number of hydrogen-bond donors (Lipinski definition) is 1. The van der Waals surface area contributed by atoms with Crippen molar-refractivity contribution < 1.29 is 19.0 Å². The quantitative estimate of drug-likeness (QED) is 0.365. The number of carbonyl (C=O) groups is 1. The monoisotopic (exact) mass is 445 g/mol. The smallest absolute Gasteiger partial charge is 0.251 e. The van der Waals surface area contributed by atoms with Crippen molar-refractivity contribution >= 4 is 16.9 Å². The first-order valence-corrected chi connectivity index (χ1v) is 10.8. The van der Waals surface area contributed by atoms with E-state index < -0.39 is 0 Å². The SMILES string of the molecule is COc1ccc(OCCCn2c(CNC(=O)c3ccc(OC)cc3)nc3ccccc32)cc1. The zero-order valence-corrected chi connectivity index (χ0v) is 18.8. The molecule has 33 heavy (non-hydrogen) atoms. The molecule has 1 heterocycles. The number of nitrogens with zero attached hydrogens (tertiary/aromatic N) is 2. The van der Waals surface area contributed by atoms with Crippen LogP contribution in [0.1, 0.15) is 22.6 Å². The molecule has 0 fully saturated rings. The van der Waals surface area contributed by atoms with E-state index in [0.717, 1.165) is 41.3 Å². The van der Waals surface area contributed by atoms with Crippen LogP contribution in [0.3, 0.4) is 0 Å². The van der Waals surface area contributed by atoms with Gasteiger partial charge in [-0.15, -0.1) is 0 Å². The summed E-state index contributed by atoms with van der Waals surface area (Å²) >= 11 is 0. The molecule has 7 heteroatoms. The molecule has 0 saturated carbocycles. The number of fused-ring (bicyclic) bond motifs is 1. The normalized spacial score (nSPS) is 10.7. The predicted octanol–water partition coefficient (Wildman–Crippen LogP) is 4.45. The Morgan fingerprint density at radius 2 is 1.52 bits per heavy atom. The summed E-state index contributed by atoms with van der Waals surface area (Å²) in [5, 5.41) is 2.97. The average molecular weight is 446 g/mol. The third-order valence-electron chi connectivity index (χ3n) is 5.35. The van der Waals surface area contributed by atoms with E-state index in [1.54, 1.807) is 38.5 Å². The molecule has 7 nitrogen and oxygen atoms in total. The first kappa shape index (κ1) is 22.2. The second-order valence-electron chi connectivity index (χ2n) is 7.46. The standard InChI is InChI=1S/C26H27N3O4/c1-31-20-10-8-19(9-11-20)26(30)27-18-25-28-23-6-3-4-7-24(23)29(25)16-5-17-33-22-14-12-21(32-2)13-15-22/h3-4,6-15H,5,16-18H2,1-2H3,(H,27,30). The lowest BCUT2D eigenvalue weighted by molar-refractivity contribution is 0.0949. The van der Waals surface area contributed by atoms with Gasteiger partial charge in [-0.3, -0.25) is 4.79 Å². The van der Waals surface area contributed by atoms with Crippen LogP contribution in [0.2, 0.25) is 0 Å². The summed E-state index contributed by atoms with van der Waals surface area (Å²) in [6.45, 7) is 1.62. The Morgan fingerprint density at radius 3 is 2.21 bits per heavy atom. The summed E-state index contributed by atoms with van der Waals surface area (Å²) in [6, 6.07) is 22.6. The van der Waals surface area contributed by atoms with Crippen molar-refractivity contribution in [1.29, 1.82) is 0 Å². The Hall–Kier alpha value is -4.00. The highest BCUT2D eigenvalue weighted by Crippen LogP contribution is 2.19. The van der Waals surface area contributed by atoms with Gasteiger partial charge in [-0.05, 0) is 67.1 Å². The summed E-state index contributed by atoms with van der Waals surface area (Å²) in [5.74, 6) is 2.97. The number of carbonyl (C=O) groups excluding carboxylic acids is 1. The summed E-state index contributed by atoms with van der Waals surface area (Å²) in [4.78, 5) is 17.3. The molecule has 0 spiro atoms. The number of ether oxygens (including phenoxy) is 3. The summed E-state index contributed by atoms with van der Waals surface area (Å²) < 4.78 is 18.3. The van der Waals surface area contributed by atoms with E-state index in [-0.39, 0.29) is 5.91 Å². The Morgan fingerprint density at radius 1 is 0.879 bits per heavy atom. The number of amides is 1. The molecule has 4 rings (SSSR count). The third-order valence-corrected chi connectivity index (χ3v) is 5.35. The number of nitrogens with one attached hydrogen (secondary N) is 1. The molecule has 3 aromatic carbocycles. The Balaban J connectivity index is 1.39. The molecular formula is C26H27N3O4. The molecule has 0 atom stereocenters. The number of hydrogen-bond acceptors (Lipinski definition) is 5. The number of benzene rings is 3. The second-order valence-corrected chi connectivity index (χ2v) is 7.46. The lowest BCUT2D eigenvalue weighted by Crippen LogP contribution is -2.25. The fourth-order valence-electron chi connectivity index (χ4n) is 3.60. The number of aromatic nitrogens is 2. The van der Waals surface area contributed by atoms with Crippen LogP contribution in [-0.4, -0.2) is 36.3 Å². The van der Waals surface area contributed by atoms with Crippen molar-refractivity contribution in [3.63, 3.8) is 0 Å². The summed E-state index contributed by atoms with van der Waals surface area (Å²) in [6.07, 6.45) is 0.797. The highest BCUT2D eigenvalue weighted by atomic mass is 16.5. The van der Waals surface area contributed by atoms with Gasteiger partial charge in [0, 0.05) is 12.1 Å². The van der Waals surface area contributed by atoms with Crippen LogP contribution < -0.4 is 19.5 Å². The molecule has 4 aromatic rings. The molecule has 0 unspecified atom stereocenters. The average Bonchev–Trinajstić information content (AvgIpc) is 3.23. The first-order valence-electron chi connectivity index (χ1n) is 10.8. The van der Waals surface area contributed by atoms with Crippen molar-refractivity contribution in [3.05, 3.63) is 84.2 Å². The fourth-order valence-corrected chi connectivity index (χ4v) is 3.60. The van der Waals surface area contributed by atoms with Gasteiger partial charge in [0.2, 0.25) is 0 Å².